The average Bonchev–Trinajstić information content (AvgIpc) is 2.96. The van der Waals surface area contributed by atoms with E-state index in [4.69, 9.17) is 9.47 Å². The molecule has 8 heteroatoms. The normalized spacial score (nSPS) is 13.3. The van der Waals surface area contributed by atoms with E-state index in [0.717, 1.165) is 17.9 Å². The van der Waals surface area contributed by atoms with Crippen molar-refractivity contribution in [1.82, 2.24) is 10.6 Å². The van der Waals surface area contributed by atoms with Crippen LogP contribution in [-0.4, -0.2) is 44.7 Å². The van der Waals surface area contributed by atoms with Gasteiger partial charge in [0.15, 0.2) is 17.5 Å². The Kier molecular flexibility index (Phi) is 7.88. The number of guanidine groups is 1. The molecule has 0 spiro atoms. The smallest absolute Gasteiger partial charge is 0.224 e. The van der Waals surface area contributed by atoms with Crippen LogP contribution in [0.15, 0.2) is 47.5 Å². The number of anilines is 1. The van der Waals surface area contributed by atoms with E-state index in [-0.39, 0.29) is 18.1 Å². The molecule has 1 aliphatic rings. The summed E-state index contributed by atoms with van der Waals surface area (Å²) in [5.41, 5.74) is 1.47. The quantitative estimate of drug-likeness (QED) is 0.369. The summed E-state index contributed by atoms with van der Waals surface area (Å²) < 4.78 is 24.6. The monoisotopic (exact) mass is 414 g/mol. The Morgan fingerprint density at radius 3 is 2.73 bits per heavy atom. The molecular weight excluding hydrogens is 387 g/mol. The molecule has 0 aliphatic carbocycles. The number of carbonyl (C=O) groups is 1. The first kappa shape index (κ1) is 21.4. The van der Waals surface area contributed by atoms with Crippen LogP contribution in [0.2, 0.25) is 0 Å². The second-order valence-corrected chi connectivity index (χ2v) is 6.75. The number of carbonyl (C=O) groups excluding carboxylic acids is 1. The summed E-state index contributed by atoms with van der Waals surface area (Å²) in [5, 5.41) is 9.20. The van der Waals surface area contributed by atoms with Gasteiger partial charge in [-0.05, 0) is 36.8 Å². The highest BCUT2D eigenvalue weighted by Gasteiger charge is 2.11. The summed E-state index contributed by atoms with van der Waals surface area (Å²) in [6, 6.07) is 11.7. The molecule has 1 heterocycles. The molecule has 0 aromatic heterocycles. The zero-order chi connectivity index (χ0) is 21.2. The summed E-state index contributed by atoms with van der Waals surface area (Å²) >= 11 is 0. The van der Waals surface area contributed by atoms with Crippen LogP contribution in [0.4, 0.5) is 10.1 Å². The van der Waals surface area contributed by atoms with Gasteiger partial charge in [-0.3, -0.25) is 9.79 Å². The lowest BCUT2D eigenvalue weighted by atomic mass is 10.1. The van der Waals surface area contributed by atoms with E-state index in [0.29, 0.717) is 50.1 Å². The minimum atomic E-state index is -0.346. The third-order valence-corrected chi connectivity index (χ3v) is 4.31. The Balaban J connectivity index is 1.50. The number of aliphatic imine (C=N–C) groups is 1. The van der Waals surface area contributed by atoms with Gasteiger partial charge in [0.1, 0.15) is 5.82 Å². The minimum Gasteiger partial charge on any atom is -0.490 e. The molecule has 0 bridgehead atoms. The number of hydrogen-bond acceptors (Lipinski definition) is 4. The molecule has 2 aromatic rings. The largest absolute Gasteiger partial charge is 0.490 e. The molecule has 0 radical (unpaired) electrons. The maximum atomic E-state index is 13.2. The van der Waals surface area contributed by atoms with Crippen LogP contribution in [0.25, 0.3) is 0 Å². The molecule has 2 aromatic carbocycles. The van der Waals surface area contributed by atoms with Crippen LogP contribution in [0.5, 0.6) is 11.5 Å². The lowest BCUT2D eigenvalue weighted by Gasteiger charge is -2.14. The molecular formula is C22H27FN4O3. The second-order valence-electron chi connectivity index (χ2n) is 6.75. The van der Waals surface area contributed by atoms with Crippen LogP contribution in [0, 0.1) is 5.82 Å². The van der Waals surface area contributed by atoms with Crippen molar-refractivity contribution in [2.75, 3.05) is 38.2 Å². The molecule has 0 saturated heterocycles. The molecule has 0 fully saturated rings. The Morgan fingerprint density at radius 2 is 1.93 bits per heavy atom. The fraction of sp³-hybridized carbons (Fsp3) is 0.364. The van der Waals surface area contributed by atoms with E-state index in [9.17, 15) is 9.18 Å². The predicted octanol–water partition coefficient (Wildman–Crippen LogP) is 2.72. The van der Waals surface area contributed by atoms with E-state index in [2.05, 4.69) is 20.9 Å². The average molecular weight is 414 g/mol. The Morgan fingerprint density at radius 1 is 1.10 bits per heavy atom. The summed E-state index contributed by atoms with van der Waals surface area (Å²) in [6.45, 7) is 4.73. The van der Waals surface area contributed by atoms with Gasteiger partial charge in [-0.1, -0.05) is 12.1 Å². The number of ether oxygens (including phenoxy) is 2. The standard InChI is InChI=1S/C22H27FN4O3/c1-2-24-22(27-18-7-8-19-20(15-18)30-12-4-11-29-19)26-10-9-25-21(28)14-16-5-3-6-17(23)13-16/h3,5-8,13,15H,2,4,9-12,14H2,1H3,(H,25,28)(H2,24,26,27). The molecule has 1 amide bonds. The van der Waals surface area contributed by atoms with E-state index >= 15 is 0 Å². The molecule has 1 aliphatic heterocycles. The van der Waals surface area contributed by atoms with E-state index in [1.807, 2.05) is 25.1 Å². The van der Waals surface area contributed by atoms with Gasteiger partial charge in [0.2, 0.25) is 5.91 Å². The van der Waals surface area contributed by atoms with Crippen LogP contribution in [-0.2, 0) is 11.2 Å². The van der Waals surface area contributed by atoms with Gasteiger partial charge >= 0.3 is 0 Å². The Bertz CT molecular complexity index is 888. The molecule has 0 saturated carbocycles. The maximum Gasteiger partial charge on any atom is 0.224 e. The SMILES string of the molecule is CCNC(=NCCNC(=O)Cc1cccc(F)c1)Nc1ccc2c(c1)OCCCO2. The van der Waals surface area contributed by atoms with Crippen molar-refractivity contribution in [2.45, 2.75) is 19.8 Å². The fourth-order valence-electron chi connectivity index (χ4n) is 2.94. The molecule has 3 N–H and O–H groups in total. The highest BCUT2D eigenvalue weighted by Crippen LogP contribution is 2.32. The third-order valence-electron chi connectivity index (χ3n) is 4.31. The van der Waals surface area contributed by atoms with Gasteiger partial charge in [-0.25, -0.2) is 4.39 Å². The summed E-state index contributed by atoms with van der Waals surface area (Å²) in [6.07, 6.45) is 0.990. The number of amides is 1. The van der Waals surface area contributed by atoms with Crippen molar-refractivity contribution in [3.05, 3.63) is 53.8 Å². The third kappa shape index (κ3) is 6.65. The first-order valence-electron chi connectivity index (χ1n) is 10.1. The minimum absolute atomic E-state index is 0.136. The van der Waals surface area contributed by atoms with Gasteiger partial charge in [0.25, 0.3) is 0 Å². The summed E-state index contributed by atoms with van der Waals surface area (Å²) in [7, 11) is 0. The summed E-state index contributed by atoms with van der Waals surface area (Å²) in [5.74, 6) is 1.53. The topological polar surface area (TPSA) is 84.0 Å². The van der Waals surface area contributed by atoms with Crippen molar-refractivity contribution in [3.8, 4) is 11.5 Å². The zero-order valence-electron chi connectivity index (χ0n) is 17.0. The predicted molar refractivity (Wildman–Crippen MR) is 115 cm³/mol. The van der Waals surface area contributed by atoms with Crippen molar-refractivity contribution in [1.29, 1.82) is 0 Å². The number of hydrogen-bond donors (Lipinski definition) is 3. The van der Waals surface area contributed by atoms with Gasteiger partial charge in [-0.15, -0.1) is 0 Å². The van der Waals surface area contributed by atoms with Crippen molar-refractivity contribution >= 4 is 17.6 Å². The van der Waals surface area contributed by atoms with Crippen molar-refractivity contribution in [3.63, 3.8) is 0 Å². The number of benzene rings is 2. The highest BCUT2D eigenvalue weighted by molar-refractivity contribution is 5.94. The Labute approximate surface area is 175 Å². The van der Waals surface area contributed by atoms with Gasteiger partial charge < -0.3 is 25.4 Å². The second kappa shape index (κ2) is 11.0. The molecule has 30 heavy (non-hydrogen) atoms. The molecule has 0 atom stereocenters. The van der Waals surface area contributed by atoms with Crippen molar-refractivity contribution < 1.29 is 18.7 Å². The van der Waals surface area contributed by atoms with E-state index in [1.165, 1.54) is 12.1 Å². The number of rotatable bonds is 7. The number of nitrogens with one attached hydrogen (secondary N) is 3. The van der Waals surface area contributed by atoms with Gasteiger partial charge in [0.05, 0.1) is 26.2 Å². The molecule has 3 rings (SSSR count). The Hall–Kier alpha value is -3.29. The first-order chi connectivity index (χ1) is 14.6. The number of fused-ring (bicyclic) bond motifs is 1. The molecule has 160 valence electrons. The zero-order valence-corrected chi connectivity index (χ0v) is 17.0. The number of halogens is 1. The highest BCUT2D eigenvalue weighted by atomic mass is 19.1. The van der Waals surface area contributed by atoms with Crippen LogP contribution < -0.4 is 25.4 Å². The van der Waals surface area contributed by atoms with Crippen LogP contribution in [0.3, 0.4) is 0 Å². The van der Waals surface area contributed by atoms with Crippen molar-refractivity contribution in [2.24, 2.45) is 4.99 Å². The van der Waals surface area contributed by atoms with E-state index < -0.39 is 0 Å². The first-order valence-corrected chi connectivity index (χ1v) is 10.1. The lowest BCUT2D eigenvalue weighted by molar-refractivity contribution is -0.120. The number of nitrogens with zero attached hydrogens (tertiary/aromatic N) is 1. The fourth-order valence-corrected chi connectivity index (χ4v) is 2.94. The van der Waals surface area contributed by atoms with Gasteiger partial charge in [-0.2, -0.15) is 0 Å². The van der Waals surface area contributed by atoms with Gasteiger partial charge in [0, 0.05) is 31.3 Å². The summed E-state index contributed by atoms with van der Waals surface area (Å²) in [4.78, 5) is 16.5. The van der Waals surface area contributed by atoms with Crippen LogP contribution in [0.1, 0.15) is 18.9 Å². The van der Waals surface area contributed by atoms with E-state index in [1.54, 1.807) is 12.1 Å². The lowest BCUT2D eigenvalue weighted by Crippen LogP contribution is -2.32. The molecule has 7 nitrogen and oxygen atoms in total. The maximum absolute atomic E-state index is 13.2. The van der Waals surface area contributed by atoms with Crippen LogP contribution >= 0.6 is 0 Å². The molecule has 0 unspecified atom stereocenters.